The van der Waals surface area contributed by atoms with Crippen molar-refractivity contribution in [3.63, 3.8) is 0 Å². The molecule has 0 saturated carbocycles. The van der Waals surface area contributed by atoms with Gasteiger partial charge in [-0.3, -0.25) is 4.79 Å². The number of amides is 1. The van der Waals surface area contributed by atoms with Crippen molar-refractivity contribution in [3.8, 4) is 5.75 Å². The highest BCUT2D eigenvalue weighted by Gasteiger charge is 2.20. The predicted octanol–water partition coefficient (Wildman–Crippen LogP) is 4.07. The van der Waals surface area contributed by atoms with Gasteiger partial charge in [-0.1, -0.05) is 25.1 Å². The van der Waals surface area contributed by atoms with Crippen LogP contribution in [0.15, 0.2) is 42.5 Å². The molecular weight excluding hydrogens is 288 g/mol. The zero-order valence-electron chi connectivity index (χ0n) is 12.4. The minimum absolute atomic E-state index is 0.0711. The fraction of sp³-hybridized carbons (Fsp3) is 0.235. The van der Waals surface area contributed by atoms with Crippen LogP contribution >= 0.6 is 0 Å². The largest absolute Gasteiger partial charge is 0.480 e. The van der Waals surface area contributed by atoms with Gasteiger partial charge in [0.25, 0.3) is 5.91 Å². The van der Waals surface area contributed by atoms with Gasteiger partial charge in [0.05, 0.1) is 5.69 Å². The standard InChI is InChI=1S/C17H17F2NO2/c1-3-15(22-16-7-5-4-6-11(16)2)17(21)20-14-9-8-12(18)10-13(14)19/h4-10,15H,3H2,1-2H3,(H,20,21). The van der Waals surface area contributed by atoms with Gasteiger partial charge in [0, 0.05) is 6.07 Å². The summed E-state index contributed by atoms with van der Waals surface area (Å²) < 4.78 is 32.1. The molecule has 1 N–H and O–H groups in total. The first kappa shape index (κ1) is 15.9. The van der Waals surface area contributed by atoms with Crippen LogP contribution in [0.5, 0.6) is 5.75 Å². The van der Waals surface area contributed by atoms with Gasteiger partial charge >= 0.3 is 0 Å². The van der Waals surface area contributed by atoms with Gasteiger partial charge < -0.3 is 10.1 Å². The van der Waals surface area contributed by atoms with Crippen molar-refractivity contribution in [2.24, 2.45) is 0 Å². The minimum atomic E-state index is -0.820. The molecule has 1 atom stereocenters. The second-order valence-electron chi connectivity index (χ2n) is 4.89. The number of anilines is 1. The molecule has 2 rings (SSSR count). The average Bonchev–Trinajstić information content (AvgIpc) is 2.49. The van der Waals surface area contributed by atoms with E-state index in [4.69, 9.17) is 4.74 Å². The second kappa shape index (κ2) is 7.02. The summed E-state index contributed by atoms with van der Waals surface area (Å²) in [6, 6.07) is 10.3. The maximum atomic E-state index is 13.6. The van der Waals surface area contributed by atoms with Crippen molar-refractivity contribution < 1.29 is 18.3 Å². The Balaban J connectivity index is 2.10. The van der Waals surface area contributed by atoms with E-state index < -0.39 is 23.6 Å². The first-order valence-electron chi connectivity index (χ1n) is 6.99. The lowest BCUT2D eigenvalue weighted by molar-refractivity contribution is -0.122. The number of nitrogens with one attached hydrogen (secondary N) is 1. The van der Waals surface area contributed by atoms with Crippen molar-refractivity contribution in [3.05, 3.63) is 59.7 Å². The van der Waals surface area contributed by atoms with Gasteiger partial charge in [-0.05, 0) is 37.1 Å². The minimum Gasteiger partial charge on any atom is -0.480 e. The van der Waals surface area contributed by atoms with Crippen molar-refractivity contribution in [1.29, 1.82) is 0 Å². The molecule has 0 saturated heterocycles. The van der Waals surface area contributed by atoms with Crippen LogP contribution in [0.3, 0.4) is 0 Å². The molecule has 0 bridgehead atoms. The number of carbonyl (C=O) groups excluding carboxylic acids is 1. The van der Waals surface area contributed by atoms with Crippen molar-refractivity contribution in [2.75, 3.05) is 5.32 Å². The Morgan fingerprint density at radius 2 is 1.95 bits per heavy atom. The van der Waals surface area contributed by atoms with Crippen LogP contribution in [0, 0.1) is 18.6 Å². The van der Waals surface area contributed by atoms with E-state index in [1.54, 1.807) is 13.0 Å². The van der Waals surface area contributed by atoms with Crippen LogP contribution in [0.1, 0.15) is 18.9 Å². The van der Waals surface area contributed by atoms with E-state index in [1.165, 1.54) is 6.07 Å². The summed E-state index contributed by atoms with van der Waals surface area (Å²) in [5.74, 6) is -1.39. The van der Waals surface area contributed by atoms with Crippen molar-refractivity contribution in [1.82, 2.24) is 0 Å². The SMILES string of the molecule is CCC(Oc1ccccc1C)C(=O)Nc1ccc(F)cc1F. The normalized spacial score (nSPS) is 11.8. The molecule has 1 amide bonds. The fourth-order valence-electron chi connectivity index (χ4n) is 1.97. The van der Waals surface area contributed by atoms with E-state index in [2.05, 4.69) is 5.32 Å². The molecule has 2 aromatic carbocycles. The van der Waals surface area contributed by atoms with Gasteiger partial charge in [0.15, 0.2) is 6.10 Å². The lowest BCUT2D eigenvalue weighted by Gasteiger charge is -2.18. The van der Waals surface area contributed by atoms with Crippen LogP contribution in [0.2, 0.25) is 0 Å². The molecule has 0 heterocycles. The van der Waals surface area contributed by atoms with Crippen LogP contribution in [0.4, 0.5) is 14.5 Å². The number of aryl methyl sites for hydroxylation is 1. The highest BCUT2D eigenvalue weighted by atomic mass is 19.1. The van der Waals surface area contributed by atoms with Gasteiger partial charge in [0.2, 0.25) is 0 Å². The van der Waals surface area contributed by atoms with Crippen molar-refractivity contribution in [2.45, 2.75) is 26.4 Å². The maximum absolute atomic E-state index is 13.6. The maximum Gasteiger partial charge on any atom is 0.265 e. The number of ether oxygens (including phenoxy) is 1. The molecule has 2 aromatic rings. The third-order valence-electron chi connectivity index (χ3n) is 3.22. The predicted molar refractivity (Wildman–Crippen MR) is 80.9 cm³/mol. The first-order chi connectivity index (χ1) is 10.5. The summed E-state index contributed by atoms with van der Waals surface area (Å²) in [6.07, 6.45) is -0.339. The van der Waals surface area contributed by atoms with Gasteiger partial charge in [-0.15, -0.1) is 0 Å². The molecule has 22 heavy (non-hydrogen) atoms. The number of para-hydroxylation sites is 1. The first-order valence-corrected chi connectivity index (χ1v) is 6.99. The summed E-state index contributed by atoms with van der Waals surface area (Å²) in [6.45, 7) is 3.67. The van der Waals surface area contributed by atoms with Crippen molar-refractivity contribution >= 4 is 11.6 Å². The van der Waals surface area contributed by atoms with Crippen LogP contribution in [0.25, 0.3) is 0 Å². The van der Waals surface area contributed by atoms with Crippen LogP contribution in [-0.2, 0) is 4.79 Å². The Morgan fingerprint density at radius 1 is 1.23 bits per heavy atom. The molecule has 1 unspecified atom stereocenters. The molecule has 5 heteroatoms. The summed E-state index contributed by atoms with van der Waals surface area (Å²) in [7, 11) is 0. The smallest absolute Gasteiger partial charge is 0.265 e. The molecule has 0 fully saturated rings. The number of hydrogen-bond donors (Lipinski definition) is 1. The third-order valence-corrected chi connectivity index (χ3v) is 3.22. The monoisotopic (exact) mass is 305 g/mol. The van der Waals surface area contributed by atoms with Gasteiger partial charge in [-0.25, -0.2) is 8.78 Å². The number of rotatable bonds is 5. The highest BCUT2D eigenvalue weighted by Crippen LogP contribution is 2.20. The molecule has 0 aromatic heterocycles. The molecule has 3 nitrogen and oxygen atoms in total. The Morgan fingerprint density at radius 3 is 2.59 bits per heavy atom. The van der Waals surface area contributed by atoms with E-state index in [0.29, 0.717) is 12.2 Å². The Bertz CT molecular complexity index is 673. The molecular formula is C17H17F2NO2. The van der Waals surface area contributed by atoms with E-state index in [1.807, 2.05) is 25.1 Å². The number of hydrogen-bond acceptors (Lipinski definition) is 2. The number of halogens is 2. The molecule has 0 aliphatic heterocycles. The fourth-order valence-corrected chi connectivity index (χ4v) is 1.97. The summed E-state index contributed by atoms with van der Waals surface area (Å²) in [4.78, 5) is 12.2. The topological polar surface area (TPSA) is 38.3 Å². The highest BCUT2D eigenvalue weighted by molar-refractivity contribution is 5.94. The van der Waals surface area contributed by atoms with Crippen LogP contribution in [-0.4, -0.2) is 12.0 Å². The number of benzene rings is 2. The van der Waals surface area contributed by atoms with E-state index >= 15 is 0 Å². The zero-order valence-corrected chi connectivity index (χ0v) is 12.4. The summed E-state index contributed by atoms with van der Waals surface area (Å²) in [5.41, 5.74) is 0.833. The Kier molecular flexibility index (Phi) is 5.09. The van der Waals surface area contributed by atoms with Gasteiger partial charge in [-0.2, -0.15) is 0 Å². The third kappa shape index (κ3) is 3.81. The lowest BCUT2D eigenvalue weighted by Crippen LogP contribution is -2.32. The van der Waals surface area contributed by atoms with Gasteiger partial charge in [0.1, 0.15) is 17.4 Å². The molecule has 116 valence electrons. The zero-order chi connectivity index (χ0) is 16.1. The summed E-state index contributed by atoms with van der Waals surface area (Å²) in [5, 5.41) is 2.42. The second-order valence-corrected chi connectivity index (χ2v) is 4.89. The van der Waals surface area contributed by atoms with E-state index in [-0.39, 0.29) is 5.69 Å². The van der Waals surface area contributed by atoms with E-state index in [0.717, 1.165) is 17.7 Å². The molecule has 0 aliphatic carbocycles. The average molecular weight is 305 g/mol. The molecule has 0 radical (unpaired) electrons. The quantitative estimate of drug-likeness (QED) is 0.904. The van der Waals surface area contributed by atoms with E-state index in [9.17, 15) is 13.6 Å². The Hall–Kier alpha value is -2.43. The van der Waals surface area contributed by atoms with Crippen LogP contribution < -0.4 is 10.1 Å². The Labute approximate surface area is 127 Å². The molecule has 0 spiro atoms. The molecule has 0 aliphatic rings. The summed E-state index contributed by atoms with van der Waals surface area (Å²) >= 11 is 0. The lowest BCUT2D eigenvalue weighted by atomic mass is 10.2. The number of carbonyl (C=O) groups is 1.